The molecule has 0 radical (unpaired) electrons. The zero-order chi connectivity index (χ0) is 14.1. The number of carbonyl (C=O) groups is 1. The van der Waals surface area contributed by atoms with Crippen LogP contribution in [-0.4, -0.2) is 23.2 Å². The zero-order valence-corrected chi connectivity index (χ0v) is 10.9. The molecule has 0 aliphatic heterocycles. The van der Waals surface area contributed by atoms with Gasteiger partial charge in [-0.1, -0.05) is 30.3 Å². The topological polar surface area (TPSA) is 62.3 Å². The van der Waals surface area contributed by atoms with Gasteiger partial charge in [-0.2, -0.15) is 0 Å². The Bertz CT molecular complexity index is 789. The molecule has 1 heterocycles. The number of rotatable bonds is 3. The molecule has 0 spiro atoms. The van der Waals surface area contributed by atoms with Gasteiger partial charge in [0.2, 0.25) is 0 Å². The number of hydrogen-bond acceptors (Lipinski definition) is 2. The van der Waals surface area contributed by atoms with Crippen molar-refractivity contribution < 1.29 is 14.6 Å². The van der Waals surface area contributed by atoms with Crippen LogP contribution in [0.2, 0.25) is 0 Å². The summed E-state index contributed by atoms with van der Waals surface area (Å²) in [6, 6.07) is 14.7. The number of fused-ring (bicyclic) bond motifs is 1. The highest BCUT2D eigenvalue weighted by Gasteiger charge is 2.18. The molecule has 4 nitrogen and oxygen atoms in total. The molecule has 2 N–H and O–H groups in total. The number of ether oxygens (including phenoxy) is 1. The van der Waals surface area contributed by atoms with Crippen LogP contribution < -0.4 is 4.74 Å². The normalized spacial score (nSPS) is 10.7. The van der Waals surface area contributed by atoms with Crippen molar-refractivity contribution in [3.63, 3.8) is 0 Å². The highest BCUT2D eigenvalue weighted by molar-refractivity contribution is 6.09. The van der Waals surface area contributed by atoms with E-state index in [0.29, 0.717) is 16.8 Å². The van der Waals surface area contributed by atoms with Gasteiger partial charge in [-0.3, -0.25) is 0 Å². The van der Waals surface area contributed by atoms with E-state index in [1.807, 2.05) is 42.5 Å². The number of para-hydroxylation sites is 1. The third-order valence-corrected chi connectivity index (χ3v) is 3.28. The highest BCUT2D eigenvalue weighted by atomic mass is 16.5. The Morgan fingerprint density at radius 2 is 1.95 bits per heavy atom. The van der Waals surface area contributed by atoms with Crippen LogP contribution in [0.5, 0.6) is 5.75 Å². The molecule has 100 valence electrons. The molecule has 0 bridgehead atoms. The first-order chi connectivity index (χ1) is 9.70. The summed E-state index contributed by atoms with van der Waals surface area (Å²) < 4.78 is 5.19. The predicted octanol–water partition coefficient (Wildman–Crippen LogP) is 3.54. The van der Waals surface area contributed by atoms with E-state index < -0.39 is 5.97 Å². The molecular formula is C16H13NO3. The second-order valence-electron chi connectivity index (χ2n) is 4.46. The van der Waals surface area contributed by atoms with Crippen molar-refractivity contribution in [2.24, 2.45) is 0 Å². The van der Waals surface area contributed by atoms with Gasteiger partial charge in [-0.05, 0) is 18.2 Å². The fourth-order valence-electron chi connectivity index (χ4n) is 2.36. The van der Waals surface area contributed by atoms with Crippen LogP contribution in [0.1, 0.15) is 10.4 Å². The van der Waals surface area contributed by atoms with Gasteiger partial charge in [0.05, 0.1) is 18.4 Å². The van der Waals surface area contributed by atoms with Crippen LogP contribution in [0.4, 0.5) is 0 Å². The maximum absolute atomic E-state index is 11.6. The minimum absolute atomic E-state index is 0.286. The molecule has 0 unspecified atom stereocenters. The van der Waals surface area contributed by atoms with E-state index in [2.05, 4.69) is 4.98 Å². The number of methoxy groups -OCH3 is 1. The number of aromatic nitrogens is 1. The standard InChI is InChI=1S/C16H13NO3/c1-20-11-6-4-5-10(9-11)15-14(16(18)19)12-7-2-3-8-13(12)17-15/h2-9,17H,1H3,(H,18,19). The zero-order valence-electron chi connectivity index (χ0n) is 10.9. The van der Waals surface area contributed by atoms with Gasteiger partial charge in [0.15, 0.2) is 0 Å². The number of H-pyrrole nitrogens is 1. The number of aromatic carboxylic acids is 1. The van der Waals surface area contributed by atoms with E-state index in [-0.39, 0.29) is 5.56 Å². The summed E-state index contributed by atoms with van der Waals surface area (Å²) in [5.74, 6) is -0.252. The Kier molecular flexibility index (Phi) is 2.91. The lowest BCUT2D eigenvalue weighted by molar-refractivity contribution is 0.0700. The Morgan fingerprint density at radius 3 is 2.70 bits per heavy atom. The molecule has 0 saturated heterocycles. The van der Waals surface area contributed by atoms with Crippen molar-refractivity contribution in [1.82, 2.24) is 4.98 Å². The number of aromatic amines is 1. The highest BCUT2D eigenvalue weighted by Crippen LogP contribution is 2.31. The van der Waals surface area contributed by atoms with Gasteiger partial charge in [0, 0.05) is 16.5 Å². The minimum atomic E-state index is -0.944. The minimum Gasteiger partial charge on any atom is -0.497 e. The Morgan fingerprint density at radius 1 is 1.15 bits per heavy atom. The van der Waals surface area contributed by atoms with Gasteiger partial charge >= 0.3 is 5.97 Å². The second-order valence-corrected chi connectivity index (χ2v) is 4.46. The monoisotopic (exact) mass is 267 g/mol. The Labute approximate surface area is 115 Å². The van der Waals surface area contributed by atoms with Crippen molar-refractivity contribution in [3.8, 4) is 17.0 Å². The van der Waals surface area contributed by atoms with Crippen LogP contribution in [0.25, 0.3) is 22.2 Å². The lowest BCUT2D eigenvalue weighted by atomic mass is 10.1. The van der Waals surface area contributed by atoms with E-state index in [4.69, 9.17) is 4.74 Å². The largest absolute Gasteiger partial charge is 0.497 e. The summed E-state index contributed by atoms with van der Waals surface area (Å²) in [5.41, 5.74) is 2.48. The van der Waals surface area contributed by atoms with E-state index in [1.54, 1.807) is 13.2 Å². The second kappa shape index (κ2) is 4.74. The third-order valence-electron chi connectivity index (χ3n) is 3.28. The lowest BCUT2D eigenvalue weighted by Crippen LogP contribution is -1.97. The molecule has 4 heteroatoms. The number of hydrogen-bond donors (Lipinski definition) is 2. The van der Waals surface area contributed by atoms with Crippen molar-refractivity contribution in [2.45, 2.75) is 0 Å². The fraction of sp³-hybridized carbons (Fsp3) is 0.0625. The molecule has 3 rings (SSSR count). The first-order valence-electron chi connectivity index (χ1n) is 6.19. The van der Waals surface area contributed by atoms with Gasteiger partial charge in [0.1, 0.15) is 5.75 Å². The van der Waals surface area contributed by atoms with E-state index in [9.17, 15) is 9.90 Å². The van der Waals surface area contributed by atoms with Gasteiger partial charge in [0.25, 0.3) is 0 Å². The molecule has 20 heavy (non-hydrogen) atoms. The van der Waals surface area contributed by atoms with Gasteiger partial charge in [-0.25, -0.2) is 4.79 Å². The molecule has 3 aromatic rings. The Balaban J connectivity index is 2.29. The van der Waals surface area contributed by atoms with Crippen molar-refractivity contribution in [2.75, 3.05) is 7.11 Å². The molecular weight excluding hydrogens is 254 g/mol. The summed E-state index contributed by atoms with van der Waals surface area (Å²) in [6.07, 6.45) is 0. The van der Waals surface area contributed by atoms with Crippen molar-refractivity contribution >= 4 is 16.9 Å². The number of benzene rings is 2. The molecule has 0 amide bonds. The van der Waals surface area contributed by atoms with Crippen LogP contribution in [0.15, 0.2) is 48.5 Å². The molecule has 0 atom stereocenters. The van der Waals surface area contributed by atoms with Gasteiger partial charge in [-0.15, -0.1) is 0 Å². The lowest BCUT2D eigenvalue weighted by Gasteiger charge is -2.04. The molecule has 0 fully saturated rings. The van der Waals surface area contributed by atoms with Crippen LogP contribution in [-0.2, 0) is 0 Å². The van der Waals surface area contributed by atoms with E-state index in [0.717, 1.165) is 11.1 Å². The smallest absolute Gasteiger partial charge is 0.338 e. The summed E-state index contributed by atoms with van der Waals surface area (Å²) >= 11 is 0. The average molecular weight is 267 g/mol. The maximum Gasteiger partial charge on any atom is 0.338 e. The van der Waals surface area contributed by atoms with Gasteiger partial charge < -0.3 is 14.8 Å². The fourth-order valence-corrected chi connectivity index (χ4v) is 2.36. The van der Waals surface area contributed by atoms with E-state index in [1.165, 1.54) is 0 Å². The van der Waals surface area contributed by atoms with Crippen LogP contribution in [0.3, 0.4) is 0 Å². The van der Waals surface area contributed by atoms with Crippen molar-refractivity contribution in [3.05, 3.63) is 54.1 Å². The molecule has 1 aromatic heterocycles. The van der Waals surface area contributed by atoms with Crippen LogP contribution >= 0.6 is 0 Å². The molecule has 0 aliphatic rings. The first-order valence-corrected chi connectivity index (χ1v) is 6.19. The van der Waals surface area contributed by atoms with Crippen molar-refractivity contribution in [1.29, 1.82) is 0 Å². The maximum atomic E-state index is 11.6. The summed E-state index contributed by atoms with van der Waals surface area (Å²) in [7, 11) is 1.59. The first kappa shape index (κ1) is 12.3. The quantitative estimate of drug-likeness (QED) is 0.763. The molecule has 0 aliphatic carbocycles. The summed E-state index contributed by atoms with van der Waals surface area (Å²) in [4.78, 5) is 14.8. The Hall–Kier alpha value is -2.75. The SMILES string of the molecule is COc1cccc(-c2[nH]c3ccccc3c2C(=O)O)c1. The third kappa shape index (κ3) is 1.91. The van der Waals surface area contributed by atoms with Crippen LogP contribution in [0, 0.1) is 0 Å². The number of nitrogens with one attached hydrogen (secondary N) is 1. The number of carboxylic acids is 1. The number of carboxylic acid groups (broad SMARTS) is 1. The summed E-state index contributed by atoms with van der Waals surface area (Å²) in [6.45, 7) is 0. The predicted molar refractivity (Wildman–Crippen MR) is 77.2 cm³/mol. The summed E-state index contributed by atoms with van der Waals surface area (Å²) in [5, 5.41) is 10.2. The molecule has 2 aromatic carbocycles. The van der Waals surface area contributed by atoms with E-state index >= 15 is 0 Å². The molecule has 0 saturated carbocycles. The average Bonchev–Trinajstić information content (AvgIpc) is 2.87.